The van der Waals surface area contributed by atoms with Gasteiger partial charge in [-0.05, 0) is 31.4 Å². The van der Waals surface area contributed by atoms with Gasteiger partial charge in [-0.15, -0.1) is 0 Å². The molecular formula is C14H16F2N2O3. The number of carbonyl (C=O) groups excluding carboxylic acids is 1. The standard InChI is InChI=1S/C14H16F2N2O3/c1-8-3-4-9(15)11(10(8)16)18-13(21)17-7-14(12(19)20)5-2-6-14/h3-4H,2,5-7H2,1H3,(H,19,20)(H2,17,18,21). The van der Waals surface area contributed by atoms with Crippen molar-refractivity contribution in [2.24, 2.45) is 5.41 Å². The quantitative estimate of drug-likeness (QED) is 0.799. The first-order valence-corrected chi connectivity index (χ1v) is 6.58. The van der Waals surface area contributed by atoms with Crippen molar-refractivity contribution in [3.05, 3.63) is 29.3 Å². The van der Waals surface area contributed by atoms with E-state index in [1.165, 1.54) is 13.0 Å². The zero-order valence-corrected chi connectivity index (χ0v) is 11.5. The molecule has 7 heteroatoms. The van der Waals surface area contributed by atoms with Crippen LogP contribution in [0, 0.1) is 24.0 Å². The molecule has 0 heterocycles. The number of anilines is 1. The van der Waals surface area contributed by atoms with Gasteiger partial charge in [-0.3, -0.25) is 4.79 Å². The first-order chi connectivity index (χ1) is 9.85. The summed E-state index contributed by atoms with van der Waals surface area (Å²) in [6.45, 7) is 1.38. The van der Waals surface area contributed by atoms with Crippen LogP contribution in [0.3, 0.4) is 0 Å². The van der Waals surface area contributed by atoms with E-state index in [-0.39, 0.29) is 12.1 Å². The molecule has 1 aromatic carbocycles. The molecule has 114 valence electrons. The van der Waals surface area contributed by atoms with Crippen molar-refractivity contribution in [1.82, 2.24) is 5.32 Å². The van der Waals surface area contributed by atoms with Crippen LogP contribution in [0.25, 0.3) is 0 Å². The fourth-order valence-corrected chi connectivity index (χ4v) is 2.25. The number of hydrogen-bond acceptors (Lipinski definition) is 2. The molecule has 3 N–H and O–H groups in total. The summed E-state index contributed by atoms with van der Waals surface area (Å²) in [4.78, 5) is 22.8. The third-order valence-corrected chi connectivity index (χ3v) is 3.87. The summed E-state index contributed by atoms with van der Waals surface area (Å²) in [5.74, 6) is -2.70. The van der Waals surface area contributed by atoms with E-state index in [1.807, 2.05) is 0 Å². The van der Waals surface area contributed by atoms with Gasteiger partial charge in [-0.2, -0.15) is 0 Å². The molecule has 5 nitrogen and oxygen atoms in total. The zero-order valence-electron chi connectivity index (χ0n) is 11.5. The fourth-order valence-electron chi connectivity index (χ4n) is 2.25. The summed E-state index contributed by atoms with van der Waals surface area (Å²) in [6.07, 6.45) is 1.75. The van der Waals surface area contributed by atoms with Crippen molar-refractivity contribution in [2.75, 3.05) is 11.9 Å². The average molecular weight is 298 g/mol. The molecule has 1 saturated carbocycles. The van der Waals surface area contributed by atoms with Crippen molar-refractivity contribution in [3.8, 4) is 0 Å². The Morgan fingerprint density at radius 1 is 1.33 bits per heavy atom. The molecule has 1 aromatic rings. The van der Waals surface area contributed by atoms with Crippen molar-refractivity contribution in [3.63, 3.8) is 0 Å². The minimum atomic E-state index is -0.970. The maximum atomic E-state index is 13.7. The Morgan fingerprint density at radius 2 is 2.00 bits per heavy atom. The lowest BCUT2D eigenvalue weighted by molar-refractivity contribution is -0.153. The van der Waals surface area contributed by atoms with E-state index in [0.29, 0.717) is 12.8 Å². The second-order valence-corrected chi connectivity index (χ2v) is 5.30. The fraction of sp³-hybridized carbons (Fsp3) is 0.429. The highest BCUT2D eigenvalue weighted by molar-refractivity contribution is 5.90. The monoisotopic (exact) mass is 298 g/mol. The molecule has 0 bridgehead atoms. The normalized spacial score (nSPS) is 16.0. The summed E-state index contributed by atoms with van der Waals surface area (Å²) in [5.41, 5.74) is -1.29. The lowest BCUT2D eigenvalue weighted by atomic mass is 9.69. The van der Waals surface area contributed by atoms with E-state index in [9.17, 15) is 18.4 Å². The summed E-state index contributed by atoms with van der Waals surface area (Å²) in [5, 5.41) is 13.6. The molecule has 1 fully saturated rings. The molecule has 0 spiro atoms. The molecule has 1 aliphatic rings. The number of rotatable bonds is 4. The number of nitrogens with one attached hydrogen (secondary N) is 2. The van der Waals surface area contributed by atoms with Gasteiger partial charge in [-0.1, -0.05) is 12.5 Å². The van der Waals surface area contributed by atoms with Crippen LogP contribution in [0.5, 0.6) is 0 Å². The SMILES string of the molecule is Cc1ccc(F)c(NC(=O)NCC2(C(=O)O)CCC2)c1F. The molecule has 2 rings (SSSR count). The van der Waals surface area contributed by atoms with Crippen LogP contribution in [-0.4, -0.2) is 23.7 Å². The minimum absolute atomic E-state index is 0.0662. The Kier molecular flexibility index (Phi) is 4.11. The van der Waals surface area contributed by atoms with E-state index in [2.05, 4.69) is 10.6 Å². The van der Waals surface area contributed by atoms with Gasteiger partial charge in [0.15, 0.2) is 5.82 Å². The van der Waals surface area contributed by atoms with Crippen LogP contribution in [-0.2, 0) is 4.79 Å². The van der Waals surface area contributed by atoms with E-state index < -0.39 is 34.7 Å². The van der Waals surface area contributed by atoms with Gasteiger partial charge in [0.05, 0.1) is 5.41 Å². The Bertz CT molecular complexity index is 586. The van der Waals surface area contributed by atoms with Crippen molar-refractivity contribution >= 4 is 17.7 Å². The van der Waals surface area contributed by atoms with Gasteiger partial charge < -0.3 is 15.7 Å². The number of benzene rings is 1. The van der Waals surface area contributed by atoms with Gasteiger partial charge in [-0.25, -0.2) is 13.6 Å². The minimum Gasteiger partial charge on any atom is -0.481 e. The molecular weight excluding hydrogens is 282 g/mol. The van der Waals surface area contributed by atoms with Gasteiger partial charge in [0, 0.05) is 6.54 Å². The van der Waals surface area contributed by atoms with Crippen LogP contribution in [0.1, 0.15) is 24.8 Å². The van der Waals surface area contributed by atoms with E-state index in [0.717, 1.165) is 12.5 Å². The Labute approximate surface area is 120 Å². The van der Waals surface area contributed by atoms with E-state index in [1.54, 1.807) is 0 Å². The second kappa shape index (κ2) is 5.67. The van der Waals surface area contributed by atoms with Crippen LogP contribution < -0.4 is 10.6 Å². The highest BCUT2D eigenvalue weighted by Gasteiger charge is 2.44. The lowest BCUT2D eigenvalue weighted by Crippen LogP contribution is -2.48. The van der Waals surface area contributed by atoms with Crippen molar-refractivity contribution in [1.29, 1.82) is 0 Å². The first kappa shape index (κ1) is 15.2. The van der Waals surface area contributed by atoms with Crippen LogP contribution in [0.2, 0.25) is 0 Å². The van der Waals surface area contributed by atoms with Gasteiger partial charge >= 0.3 is 12.0 Å². The molecule has 21 heavy (non-hydrogen) atoms. The highest BCUT2D eigenvalue weighted by Crippen LogP contribution is 2.40. The van der Waals surface area contributed by atoms with Gasteiger partial charge in [0.1, 0.15) is 11.5 Å². The third-order valence-electron chi connectivity index (χ3n) is 3.87. The summed E-state index contributed by atoms with van der Waals surface area (Å²) in [7, 11) is 0. The number of halogens is 2. The molecule has 0 radical (unpaired) electrons. The van der Waals surface area contributed by atoms with Crippen LogP contribution in [0.4, 0.5) is 19.3 Å². The number of amides is 2. The summed E-state index contributed by atoms with van der Waals surface area (Å²) < 4.78 is 27.2. The first-order valence-electron chi connectivity index (χ1n) is 6.58. The molecule has 0 saturated heterocycles. The highest BCUT2D eigenvalue weighted by atomic mass is 19.1. The molecule has 0 aliphatic heterocycles. The average Bonchev–Trinajstić information content (AvgIpc) is 2.37. The summed E-state index contributed by atoms with van der Waals surface area (Å²) >= 11 is 0. The number of urea groups is 1. The van der Waals surface area contributed by atoms with Gasteiger partial charge in [0.2, 0.25) is 0 Å². The number of hydrogen-bond donors (Lipinski definition) is 3. The Morgan fingerprint density at radius 3 is 2.52 bits per heavy atom. The van der Waals surface area contributed by atoms with Crippen molar-refractivity contribution in [2.45, 2.75) is 26.2 Å². The molecule has 0 aromatic heterocycles. The Hall–Kier alpha value is -2.18. The van der Waals surface area contributed by atoms with Crippen LogP contribution in [0.15, 0.2) is 12.1 Å². The Balaban J connectivity index is 2.00. The lowest BCUT2D eigenvalue weighted by Gasteiger charge is -2.37. The largest absolute Gasteiger partial charge is 0.481 e. The number of carboxylic acids is 1. The molecule has 0 unspecified atom stereocenters. The van der Waals surface area contributed by atoms with Crippen molar-refractivity contribution < 1.29 is 23.5 Å². The van der Waals surface area contributed by atoms with Crippen LogP contribution >= 0.6 is 0 Å². The number of aliphatic carboxylic acids is 1. The third kappa shape index (κ3) is 2.96. The van der Waals surface area contributed by atoms with Gasteiger partial charge in [0.25, 0.3) is 0 Å². The number of carbonyl (C=O) groups is 2. The van der Waals surface area contributed by atoms with E-state index in [4.69, 9.17) is 5.11 Å². The molecule has 2 amide bonds. The second-order valence-electron chi connectivity index (χ2n) is 5.30. The number of aryl methyl sites for hydroxylation is 1. The predicted octanol–water partition coefficient (Wildman–Crippen LogP) is 2.65. The maximum Gasteiger partial charge on any atom is 0.319 e. The topological polar surface area (TPSA) is 78.4 Å². The molecule has 1 aliphatic carbocycles. The number of carboxylic acid groups (broad SMARTS) is 1. The smallest absolute Gasteiger partial charge is 0.319 e. The zero-order chi connectivity index (χ0) is 15.6. The van der Waals surface area contributed by atoms with E-state index >= 15 is 0 Å². The molecule has 0 atom stereocenters. The maximum absolute atomic E-state index is 13.7. The summed E-state index contributed by atoms with van der Waals surface area (Å²) in [6, 6.07) is 1.49. The predicted molar refractivity (Wildman–Crippen MR) is 72.0 cm³/mol.